The Balaban J connectivity index is 0.00000417. The van der Waals surface area contributed by atoms with Gasteiger partial charge >= 0.3 is 51.4 Å². The number of aryl methyl sites for hydroxylation is 6. The third kappa shape index (κ3) is 6.07. The van der Waals surface area contributed by atoms with Gasteiger partial charge in [0.05, 0.1) is 0 Å². The molecule has 0 aliphatic rings. The number of hydrogen-bond donors (Lipinski definition) is 0. The standard InChI is InChI=1S/C42H42NSi2.K/c1-31-19-7-13-25-37(31)44(38-26-14-8-20-32(38)2,39-27-15-9-21-33(39)3)43-45(40-28-16-10-22-34(40)4,41-29-17-11-23-35(41)5)42-30-18-12-24-36(42)6;/h7-30H,1-6H3;/q-1;+1. The monoisotopic (exact) mass is 655 g/mol. The van der Waals surface area contributed by atoms with Crippen molar-refractivity contribution in [3.63, 3.8) is 0 Å². The molecule has 46 heavy (non-hydrogen) atoms. The Morgan fingerprint density at radius 3 is 0.587 bits per heavy atom. The van der Waals surface area contributed by atoms with Crippen LogP contribution >= 0.6 is 0 Å². The van der Waals surface area contributed by atoms with E-state index >= 15 is 0 Å². The van der Waals surface area contributed by atoms with E-state index in [-0.39, 0.29) is 51.4 Å². The molecule has 0 heterocycles. The molecule has 0 saturated carbocycles. The molecular formula is C42H42KNSi2. The maximum absolute atomic E-state index is 6.80. The Morgan fingerprint density at radius 2 is 0.435 bits per heavy atom. The first kappa shape index (κ1) is 34.7. The summed E-state index contributed by atoms with van der Waals surface area (Å²) in [6.45, 7) is 13.7. The van der Waals surface area contributed by atoms with Gasteiger partial charge in [0, 0.05) is 16.5 Å². The van der Waals surface area contributed by atoms with Crippen molar-refractivity contribution in [2.24, 2.45) is 0 Å². The van der Waals surface area contributed by atoms with Gasteiger partial charge in [0.1, 0.15) is 0 Å². The van der Waals surface area contributed by atoms with E-state index < -0.39 is 16.5 Å². The summed E-state index contributed by atoms with van der Waals surface area (Å²) in [7, 11) is -6.25. The Labute approximate surface area is 320 Å². The van der Waals surface area contributed by atoms with Crippen molar-refractivity contribution in [3.8, 4) is 0 Å². The van der Waals surface area contributed by atoms with Crippen LogP contribution in [0.4, 0.5) is 0 Å². The molecule has 0 spiro atoms. The van der Waals surface area contributed by atoms with Gasteiger partial charge in [-0.1, -0.05) is 210 Å². The van der Waals surface area contributed by atoms with Gasteiger partial charge in [0.25, 0.3) is 0 Å². The fourth-order valence-corrected chi connectivity index (χ4v) is 19.9. The first-order chi connectivity index (χ1) is 21.8. The second-order valence-corrected chi connectivity index (χ2v) is 19.4. The molecule has 1 nitrogen and oxygen atoms in total. The average Bonchev–Trinajstić information content (AvgIpc) is 3.04. The van der Waals surface area contributed by atoms with E-state index in [1.165, 1.54) is 64.5 Å². The molecule has 4 heteroatoms. The van der Waals surface area contributed by atoms with Crippen LogP contribution in [0.1, 0.15) is 33.4 Å². The maximum Gasteiger partial charge on any atom is 1.00 e. The number of hydrogen-bond acceptors (Lipinski definition) is 0. The van der Waals surface area contributed by atoms with Crippen LogP contribution in [0.15, 0.2) is 146 Å². The summed E-state index contributed by atoms with van der Waals surface area (Å²) in [6, 6.07) is 54.2. The molecule has 6 aromatic carbocycles. The minimum absolute atomic E-state index is 0. The molecule has 0 fully saturated rings. The van der Waals surface area contributed by atoms with Crippen LogP contribution in [0.25, 0.3) is 4.65 Å². The quantitative estimate of drug-likeness (QED) is 0.176. The van der Waals surface area contributed by atoms with Crippen molar-refractivity contribution in [3.05, 3.63) is 184 Å². The largest absolute Gasteiger partial charge is 1.00 e. The van der Waals surface area contributed by atoms with Crippen LogP contribution in [0.5, 0.6) is 0 Å². The minimum atomic E-state index is -3.12. The Bertz CT molecular complexity index is 1620. The summed E-state index contributed by atoms with van der Waals surface area (Å²) in [5.74, 6) is 0. The van der Waals surface area contributed by atoms with Gasteiger partial charge in [0.15, 0.2) is 0 Å². The molecule has 0 unspecified atom stereocenters. The third-order valence-corrected chi connectivity index (χ3v) is 20.3. The molecule has 0 saturated heterocycles. The van der Waals surface area contributed by atoms with Crippen LogP contribution in [-0.4, -0.2) is 16.5 Å². The van der Waals surface area contributed by atoms with E-state index in [1.807, 2.05) is 0 Å². The molecule has 0 aliphatic carbocycles. The SMILES string of the molecule is Cc1ccccc1[Si]([N-][Si](c1ccccc1C)(c1ccccc1C)c1ccccc1C)(c1ccccc1C)c1ccccc1C.[K+]. The van der Waals surface area contributed by atoms with Gasteiger partial charge in [0.2, 0.25) is 0 Å². The molecule has 0 atom stereocenters. The molecule has 0 amide bonds. The van der Waals surface area contributed by atoms with Crippen molar-refractivity contribution in [1.29, 1.82) is 0 Å². The molecule has 0 N–H and O–H groups in total. The first-order valence-electron chi connectivity index (χ1n) is 15.9. The van der Waals surface area contributed by atoms with Crippen LogP contribution in [0, 0.1) is 41.5 Å². The van der Waals surface area contributed by atoms with Crippen LogP contribution < -0.4 is 82.5 Å². The average molecular weight is 656 g/mol. The predicted molar refractivity (Wildman–Crippen MR) is 200 cm³/mol. The van der Waals surface area contributed by atoms with Gasteiger partial charge in [-0.15, -0.1) is 0 Å². The van der Waals surface area contributed by atoms with Crippen LogP contribution in [0.3, 0.4) is 0 Å². The van der Waals surface area contributed by atoms with Gasteiger partial charge < -0.3 is 4.65 Å². The molecule has 0 aromatic heterocycles. The molecular weight excluding hydrogens is 614 g/mol. The fourth-order valence-electron chi connectivity index (χ4n) is 7.36. The fraction of sp³-hybridized carbons (Fsp3) is 0.143. The maximum atomic E-state index is 6.80. The molecule has 224 valence electrons. The molecule has 6 aromatic rings. The summed E-state index contributed by atoms with van der Waals surface area (Å²) in [5.41, 5.74) is 7.76. The second-order valence-electron chi connectivity index (χ2n) is 12.4. The van der Waals surface area contributed by atoms with E-state index in [2.05, 4.69) is 187 Å². The summed E-state index contributed by atoms with van der Waals surface area (Å²) in [6.07, 6.45) is 0. The van der Waals surface area contributed by atoms with Gasteiger partial charge in [-0.2, -0.15) is 0 Å². The Kier molecular flexibility index (Phi) is 11.0. The first-order valence-corrected chi connectivity index (χ1v) is 19.8. The Morgan fingerprint density at radius 1 is 0.283 bits per heavy atom. The topological polar surface area (TPSA) is 14.1 Å². The van der Waals surface area contributed by atoms with Crippen LogP contribution in [-0.2, 0) is 0 Å². The van der Waals surface area contributed by atoms with E-state index in [4.69, 9.17) is 4.65 Å². The zero-order chi connectivity index (χ0) is 31.6. The van der Waals surface area contributed by atoms with Crippen molar-refractivity contribution in [1.82, 2.24) is 0 Å². The van der Waals surface area contributed by atoms with E-state index in [0.717, 1.165) is 0 Å². The van der Waals surface area contributed by atoms with Gasteiger partial charge in [-0.3, -0.25) is 0 Å². The second kappa shape index (κ2) is 14.6. The van der Waals surface area contributed by atoms with Crippen molar-refractivity contribution < 1.29 is 51.4 Å². The Hall–Kier alpha value is -2.65. The molecule has 0 radical (unpaired) electrons. The summed E-state index contributed by atoms with van der Waals surface area (Å²) >= 11 is 0. The number of rotatable bonds is 8. The van der Waals surface area contributed by atoms with Crippen molar-refractivity contribution in [2.75, 3.05) is 0 Å². The summed E-state index contributed by atoms with van der Waals surface area (Å²) in [4.78, 5) is 0. The van der Waals surface area contributed by atoms with Crippen molar-refractivity contribution in [2.45, 2.75) is 41.5 Å². The molecule has 0 aliphatic heterocycles. The van der Waals surface area contributed by atoms with E-state index in [9.17, 15) is 0 Å². The van der Waals surface area contributed by atoms with Crippen molar-refractivity contribution >= 4 is 47.6 Å². The zero-order valence-corrected chi connectivity index (χ0v) is 33.4. The number of nitrogens with zero attached hydrogens (tertiary/aromatic N) is 1. The van der Waals surface area contributed by atoms with E-state index in [0.29, 0.717) is 0 Å². The normalized spacial score (nSPS) is 11.6. The van der Waals surface area contributed by atoms with E-state index in [1.54, 1.807) is 0 Å². The number of benzene rings is 6. The third-order valence-electron chi connectivity index (χ3n) is 9.54. The summed E-state index contributed by atoms with van der Waals surface area (Å²) in [5, 5.41) is 8.17. The predicted octanol–water partition coefficient (Wildman–Crippen LogP) is 3.55. The minimum Gasteiger partial charge on any atom is -0.644 e. The van der Waals surface area contributed by atoms with Crippen LogP contribution in [0.2, 0.25) is 0 Å². The van der Waals surface area contributed by atoms with Gasteiger partial charge in [-0.25, -0.2) is 0 Å². The van der Waals surface area contributed by atoms with Gasteiger partial charge in [-0.05, 0) is 41.5 Å². The molecule has 6 rings (SSSR count). The zero-order valence-electron chi connectivity index (χ0n) is 28.3. The molecule has 0 bridgehead atoms. The smallest absolute Gasteiger partial charge is 0.644 e. The summed E-state index contributed by atoms with van der Waals surface area (Å²) < 4.78 is 6.80.